The molecule has 0 aliphatic heterocycles. The van der Waals surface area contributed by atoms with E-state index in [-0.39, 0.29) is 18.2 Å². The SMILES string of the molecule is CCNC(=O)[C@H](C)N(CCc1ccccc1)C(=O)Cc1ccccc1F. The fourth-order valence-corrected chi connectivity index (χ4v) is 2.80. The van der Waals surface area contributed by atoms with Crippen LogP contribution in [0.25, 0.3) is 0 Å². The van der Waals surface area contributed by atoms with E-state index in [1.165, 1.54) is 11.0 Å². The van der Waals surface area contributed by atoms with Gasteiger partial charge in [-0.2, -0.15) is 0 Å². The van der Waals surface area contributed by atoms with Crippen molar-refractivity contribution in [2.45, 2.75) is 32.7 Å². The number of halogens is 1. The number of likely N-dealkylation sites (N-methyl/N-ethyl adjacent to an activating group) is 1. The molecule has 4 nitrogen and oxygen atoms in total. The molecule has 26 heavy (non-hydrogen) atoms. The summed E-state index contributed by atoms with van der Waals surface area (Å²) >= 11 is 0. The zero-order valence-corrected chi connectivity index (χ0v) is 15.2. The average Bonchev–Trinajstić information content (AvgIpc) is 2.64. The van der Waals surface area contributed by atoms with Crippen molar-refractivity contribution < 1.29 is 14.0 Å². The van der Waals surface area contributed by atoms with Crippen LogP contribution in [0.5, 0.6) is 0 Å². The molecule has 1 atom stereocenters. The van der Waals surface area contributed by atoms with E-state index in [2.05, 4.69) is 5.32 Å². The van der Waals surface area contributed by atoms with Crippen LogP contribution in [0.15, 0.2) is 54.6 Å². The van der Waals surface area contributed by atoms with Crippen molar-refractivity contribution in [1.29, 1.82) is 0 Å². The number of nitrogens with zero attached hydrogens (tertiary/aromatic N) is 1. The largest absolute Gasteiger partial charge is 0.355 e. The highest BCUT2D eigenvalue weighted by Crippen LogP contribution is 2.12. The maximum absolute atomic E-state index is 13.9. The third-order valence-electron chi connectivity index (χ3n) is 4.30. The van der Waals surface area contributed by atoms with Gasteiger partial charge in [0.1, 0.15) is 11.9 Å². The van der Waals surface area contributed by atoms with Crippen molar-refractivity contribution in [2.75, 3.05) is 13.1 Å². The van der Waals surface area contributed by atoms with Crippen molar-refractivity contribution in [3.8, 4) is 0 Å². The molecule has 5 heteroatoms. The number of hydrogen-bond donors (Lipinski definition) is 1. The highest BCUT2D eigenvalue weighted by atomic mass is 19.1. The van der Waals surface area contributed by atoms with E-state index in [9.17, 15) is 14.0 Å². The van der Waals surface area contributed by atoms with Crippen LogP contribution < -0.4 is 5.32 Å². The Morgan fingerprint density at radius 1 is 1.08 bits per heavy atom. The number of nitrogens with one attached hydrogen (secondary N) is 1. The normalized spacial score (nSPS) is 11.7. The van der Waals surface area contributed by atoms with Gasteiger partial charge in [-0.15, -0.1) is 0 Å². The monoisotopic (exact) mass is 356 g/mol. The lowest BCUT2D eigenvalue weighted by atomic mass is 10.1. The highest BCUT2D eigenvalue weighted by molar-refractivity contribution is 5.88. The van der Waals surface area contributed by atoms with E-state index in [1.54, 1.807) is 25.1 Å². The molecule has 0 fully saturated rings. The zero-order valence-electron chi connectivity index (χ0n) is 15.2. The Balaban J connectivity index is 2.14. The molecule has 0 aliphatic carbocycles. The first kappa shape index (κ1) is 19.6. The summed E-state index contributed by atoms with van der Waals surface area (Å²) in [7, 11) is 0. The predicted molar refractivity (Wildman–Crippen MR) is 100 cm³/mol. The van der Waals surface area contributed by atoms with Gasteiger partial charge in [-0.05, 0) is 37.5 Å². The molecule has 0 aliphatic rings. The second-order valence-corrected chi connectivity index (χ2v) is 6.16. The molecular formula is C21H25FN2O2. The molecule has 0 spiro atoms. The fraction of sp³-hybridized carbons (Fsp3) is 0.333. The highest BCUT2D eigenvalue weighted by Gasteiger charge is 2.25. The van der Waals surface area contributed by atoms with Crippen molar-refractivity contribution in [1.82, 2.24) is 10.2 Å². The number of carbonyl (C=O) groups excluding carboxylic acids is 2. The van der Waals surface area contributed by atoms with E-state index in [0.717, 1.165) is 5.56 Å². The van der Waals surface area contributed by atoms with E-state index in [4.69, 9.17) is 0 Å². The predicted octanol–water partition coefficient (Wildman–Crippen LogP) is 2.96. The Morgan fingerprint density at radius 2 is 1.73 bits per heavy atom. The Hall–Kier alpha value is -2.69. The fourth-order valence-electron chi connectivity index (χ4n) is 2.80. The summed E-state index contributed by atoms with van der Waals surface area (Å²) in [5, 5.41) is 2.75. The van der Waals surface area contributed by atoms with Gasteiger partial charge in [0, 0.05) is 13.1 Å². The molecule has 2 rings (SSSR count). The summed E-state index contributed by atoms with van der Waals surface area (Å²) in [5.41, 5.74) is 1.42. The van der Waals surface area contributed by atoms with Gasteiger partial charge in [0.2, 0.25) is 11.8 Å². The minimum absolute atomic E-state index is 0.0643. The Labute approximate surface area is 154 Å². The van der Waals surface area contributed by atoms with Crippen LogP contribution >= 0.6 is 0 Å². The second-order valence-electron chi connectivity index (χ2n) is 6.16. The molecular weight excluding hydrogens is 331 g/mol. The lowest BCUT2D eigenvalue weighted by Gasteiger charge is -2.28. The number of benzene rings is 2. The quantitative estimate of drug-likeness (QED) is 0.791. The molecule has 2 aromatic carbocycles. The molecule has 0 unspecified atom stereocenters. The Morgan fingerprint density at radius 3 is 2.38 bits per heavy atom. The molecule has 0 heterocycles. The van der Waals surface area contributed by atoms with Crippen LogP contribution in [0.3, 0.4) is 0 Å². The van der Waals surface area contributed by atoms with Gasteiger partial charge in [-0.25, -0.2) is 4.39 Å². The first-order valence-corrected chi connectivity index (χ1v) is 8.87. The molecule has 2 amide bonds. The maximum Gasteiger partial charge on any atom is 0.242 e. The Kier molecular flexibility index (Phi) is 7.33. The van der Waals surface area contributed by atoms with Crippen molar-refractivity contribution in [3.05, 3.63) is 71.5 Å². The van der Waals surface area contributed by atoms with Crippen LogP contribution in [-0.2, 0) is 22.4 Å². The molecule has 0 saturated heterocycles. The molecule has 0 aromatic heterocycles. The number of carbonyl (C=O) groups is 2. The topological polar surface area (TPSA) is 49.4 Å². The van der Waals surface area contributed by atoms with Crippen LogP contribution in [-0.4, -0.2) is 35.8 Å². The van der Waals surface area contributed by atoms with Gasteiger partial charge in [0.25, 0.3) is 0 Å². The van der Waals surface area contributed by atoms with E-state index < -0.39 is 11.9 Å². The summed E-state index contributed by atoms with van der Waals surface area (Å²) in [5.74, 6) is -0.873. The smallest absolute Gasteiger partial charge is 0.242 e. The Bertz CT molecular complexity index is 734. The standard InChI is InChI=1S/C21H25FN2O2/c1-3-23-21(26)16(2)24(14-13-17-9-5-4-6-10-17)20(25)15-18-11-7-8-12-19(18)22/h4-12,16H,3,13-15H2,1-2H3,(H,23,26)/t16-/m0/s1. The van der Waals surface area contributed by atoms with Crippen molar-refractivity contribution >= 4 is 11.8 Å². The van der Waals surface area contributed by atoms with Gasteiger partial charge in [-0.3, -0.25) is 9.59 Å². The van der Waals surface area contributed by atoms with Gasteiger partial charge >= 0.3 is 0 Å². The summed E-state index contributed by atoms with van der Waals surface area (Å²) in [6, 6.07) is 15.4. The molecule has 1 N–H and O–H groups in total. The summed E-state index contributed by atoms with van der Waals surface area (Å²) in [6.07, 6.45) is 0.568. The number of rotatable bonds is 8. The molecule has 0 saturated carbocycles. The van der Waals surface area contributed by atoms with Crippen LogP contribution in [0.4, 0.5) is 4.39 Å². The van der Waals surface area contributed by atoms with Gasteiger partial charge < -0.3 is 10.2 Å². The van der Waals surface area contributed by atoms with Crippen LogP contribution in [0, 0.1) is 5.82 Å². The van der Waals surface area contributed by atoms with Gasteiger partial charge in [0.05, 0.1) is 6.42 Å². The van der Waals surface area contributed by atoms with Gasteiger partial charge in [0.15, 0.2) is 0 Å². The second kappa shape index (κ2) is 9.70. The minimum Gasteiger partial charge on any atom is -0.355 e. The van der Waals surface area contributed by atoms with E-state index in [0.29, 0.717) is 25.1 Å². The summed E-state index contributed by atoms with van der Waals surface area (Å²) < 4.78 is 13.9. The first-order chi connectivity index (χ1) is 12.5. The van der Waals surface area contributed by atoms with E-state index in [1.807, 2.05) is 37.3 Å². The van der Waals surface area contributed by atoms with Crippen molar-refractivity contribution in [3.63, 3.8) is 0 Å². The number of amides is 2. The average molecular weight is 356 g/mol. The molecule has 0 bridgehead atoms. The lowest BCUT2D eigenvalue weighted by molar-refractivity contribution is -0.139. The van der Waals surface area contributed by atoms with Gasteiger partial charge in [-0.1, -0.05) is 48.5 Å². The van der Waals surface area contributed by atoms with Crippen LogP contribution in [0.2, 0.25) is 0 Å². The maximum atomic E-state index is 13.9. The summed E-state index contributed by atoms with van der Waals surface area (Å²) in [4.78, 5) is 26.6. The number of hydrogen-bond acceptors (Lipinski definition) is 2. The zero-order chi connectivity index (χ0) is 18.9. The molecule has 138 valence electrons. The molecule has 0 radical (unpaired) electrons. The lowest BCUT2D eigenvalue weighted by Crippen LogP contribution is -2.49. The first-order valence-electron chi connectivity index (χ1n) is 8.87. The van der Waals surface area contributed by atoms with E-state index >= 15 is 0 Å². The third kappa shape index (κ3) is 5.41. The summed E-state index contributed by atoms with van der Waals surface area (Å²) in [6.45, 7) is 4.43. The van der Waals surface area contributed by atoms with Crippen LogP contribution in [0.1, 0.15) is 25.0 Å². The third-order valence-corrected chi connectivity index (χ3v) is 4.30. The molecule has 2 aromatic rings. The van der Waals surface area contributed by atoms with Crippen molar-refractivity contribution in [2.24, 2.45) is 0 Å². The minimum atomic E-state index is -0.613.